The first-order valence-corrected chi connectivity index (χ1v) is 8.28. The summed E-state index contributed by atoms with van der Waals surface area (Å²) in [6.07, 6.45) is 1.57. The zero-order chi connectivity index (χ0) is 18.3. The SMILES string of the molecule is Cc1cc(-c2cc(F)c(=O)n(Cc3ccc4c(c3)OCO4)c2)nc(S)n1. The summed E-state index contributed by atoms with van der Waals surface area (Å²) in [7, 11) is 0. The summed E-state index contributed by atoms with van der Waals surface area (Å²) in [5.74, 6) is 0.414. The van der Waals surface area contributed by atoms with Crippen LogP contribution in [-0.2, 0) is 6.54 Å². The number of halogens is 1. The molecule has 3 aromatic rings. The Kier molecular flexibility index (Phi) is 4.12. The van der Waals surface area contributed by atoms with Crippen LogP contribution in [0.2, 0.25) is 0 Å². The molecule has 1 aliphatic heterocycles. The average molecular weight is 371 g/mol. The molecule has 0 spiro atoms. The minimum absolute atomic E-state index is 0.169. The Bertz CT molecular complexity index is 1050. The smallest absolute Gasteiger partial charge is 0.286 e. The van der Waals surface area contributed by atoms with Crippen molar-refractivity contribution in [3.8, 4) is 22.8 Å². The van der Waals surface area contributed by atoms with Crippen LogP contribution in [0.1, 0.15) is 11.3 Å². The van der Waals surface area contributed by atoms with Crippen molar-refractivity contribution in [2.45, 2.75) is 18.6 Å². The van der Waals surface area contributed by atoms with Gasteiger partial charge in [-0.3, -0.25) is 4.79 Å². The summed E-state index contributed by atoms with van der Waals surface area (Å²) in [6, 6.07) is 8.24. The molecule has 0 atom stereocenters. The highest BCUT2D eigenvalue weighted by atomic mass is 32.1. The number of aromatic nitrogens is 3. The number of fused-ring (bicyclic) bond motifs is 1. The Balaban J connectivity index is 1.74. The van der Waals surface area contributed by atoms with Gasteiger partial charge in [-0.05, 0) is 36.8 Å². The molecule has 8 heteroatoms. The maximum Gasteiger partial charge on any atom is 0.286 e. The highest BCUT2D eigenvalue weighted by molar-refractivity contribution is 7.80. The van der Waals surface area contributed by atoms with E-state index in [1.54, 1.807) is 31.3 Å². The Labute approximate surface area is 153 Å². The summed E-state index contributed by atoms with van der Waals surface area (Å²) < 4.78 is 26.1. The van der Waals surface area contributed by atoms with E-state index in [1.807, 2.05) is 6.07 Å². The molecule has 1 aliphatic rings. The first-order chi connectivity index (χ1) is 12.5. The molecule has 0 aliphatic carbocycles. The molecule has 132 valence electrons. The molecule has 4 rings (SSSR count). The van der Waals surface area contributed by atoms with Gasteiger partial charge in [0.2, 0.25) is 6.79 Å². The van der Waals surface area contributed by atoms with Crippen LogP contribution in [-0.4, -0.2) is 21.3 Å². The minimum atomic E-state index is -0.847. The van der Waals surface area contributed by atoms with E-state index < -0.39 is 11.4 Å². The normalized spacial score (nSPS) is 12.4. The largest absolute Gasteiger partial charge is 0.454 e. The highest BCUT2D eigenvalue weighted by Gasteiger charge is 2.15. The van der Waals surface area contributed by atoms with E-state index in [0.29, 0.717) is 28.5 Å². The van der Waals surface area contributed by atoms with Crippen LogP contribution >= 0.6 is 12.6 Å². The molecular weight excluding hydrogens is 357 g/mol. The second kappa shape index (κ2) is 6.45. The molecule has 26 heavy (non-hydrogen) atoms. The van der Waals surface area contributed by atoms with E-state index in [2.05, 4.69) is 22.6 Å². The van der Waals surface area contributed by atoms with Crippen molar-refractivity contribution in [3.05, 3.63) is 64.0 Å². The average Bonchev–Trinajstić information content (AvgIpc) is 3.05. The number of rotatable bonds is 3. The summed E-state index contributed by atoms with van der Waals surface area (Å²) in [6.45, 7) is 2.16. The summed E-state index contributed by atoms with van der Waals surface area (Å²) in [5.41, 5.74) is 1.77. The third-order valence-electron chi connectivity index (χ3n) is 3.97. The second-order valence-corrected chi connectivity index (χ2v) is 6.29. The lowest BCUT2D eigenvalue weighted by atomic mass is 10.1. The van der Waals surface area contributed by atoms with Gasteiger partial charge >= 0.3 is 0 Å². The predicted molar refractivity (Wildman–Crippen MR) is 95.3 cm³/mol. The first-order valence-electron chi connectivity index (χ1n) is 7.83. The second-order valence-electron chi connectivity index (χ2n) is 5.89. The number of nitrogens with zero attached hydrogens (tertiary/aromatic N) is 3. The van der Waals surface area contributed by atoms with Gasteiger partial charge in [-0.2, -0.15) is 0 Å². The summed E-state index contributed by atoms with van der Waals surface area (Å²) in [4.78, 5) is 20.5. The van der Waals surface area contributed by atoms with Crippen molar-refractivity contribution < 1.29 is 13.9 Å². The van der Waals surface area contributed by atoms with Crippen LogP contribution in [0.4, 0.5) is 4.39 Å². The van der Waals surface area contributed by atoms with E-state index in [-0.39, 0.29) is 18.5 Å². The van der Waals surface area contributed by atoms with Gasteiger partial charge in [0.05, 0.1) is 12.2 Å². The maximum atomic E-state index is 14.2. The lowest BCUT2D eigenvalue weighted by molar-refractivity contribution is 0.174. The summed E-state index contributed by atoms with van der Waals surface area (Å²) in [5, 5.41) is 0.286. The molecule has 0 unspecified atom stereocenters. The number of hydrogen-bond donors (Lipinski definition) is 1. The van der Waals surface area contributed by atoms with Crippen LogP contribution in [0.3, 0.4) is 0 Å². The fourth-order valence-corrected chi connectivity index (χ4v) is 3.06. The van der Waals surface area contributed by atoms with Crippen molar-refractivity contribution in [1.82, 2.24) is 14.5 Å². The Morgan fingerprint density at radius 1 is 1.19 bits per heavy atom. The van der Waals surface area contributed by atoms with Gasteiger partial charge in [-0.1, -0.05) is 6.07 Å². The Morgan fingerprint density at radius 2 is 2.00 bits per heavy atom. The molecule has 6 nitrogen and oxygen atoms in total. The standard InChI is InChI=1S/C18H14FN3O3S/c1-10-4-14(21-18(26)20-10)12-6-13(19)17(23)22(8-12)7-11-2-3-15-16(5-11)25-9-24-15/h2-6,8H,7,9H2,1H3,(H,20,21,26). The molecule has 0 radical (unpaired) electrons. The van der Waals surface area contributed by atoms with Gasteiger partial charge in [-0.15, -0.1) is 12.6 Å². The molecular formula is C18H14FN3O3S. The van der Waals surface area contributed by atoms with E-state index in [0.717, 1.165) is 5.56 Å². The number of thiol groups is 1. The molecule has 2 aromatic heterocycles. The van der Waals surface area contributed by atoms with Crippen LogP contribution < -0.4 is 15.0 Å². The number of aryl methyl sites for hydroxylation is 1. The third kappa shape index (κ3) is 3.15. The van der Waals surface area contributed by atoms with E-state index >= 15 is 0 Å². The highest BCUT2D eigenvalue weighted by Crippen LogP contribution is 2.32. The molecule has 0 fully saturated rings. The van der Waals surface area contributed by atoms with Crippen LogP contribution in [0, 0.1) is 12.7 Å². The zero-order valence-corrected chi connectivity index (χ0v) is 14.7. The monoisotopic (exact) mass is 371 g/mol. The van der Waals surface area contributed by atoms with E-state index in [9.17, 15) is 9.18 Å². The maximum absolute atomic E-state index is 14.2. The van der Waals surface area contributed by atoms with Crippen molar-refractivity contribution >= 4 is 12.6 Å². The molecule has 3 heterocycles. The third-order valence-corrected chi connectivity index (χ3v) is 4.17. The van der Waals surface area contributed by atoms with E-state index in [1.165, 1.54) is 10.6 Å². The van der Waals surface area contributed by atoms with Crippen LogP contribution in [0.5, 0.6) is 11.5 Å². The molecule has 0 saturated heterocycles. The van der Waals surface area contributed by atoms with Crippen LogP contribution in [0.25, 0.3) is 11.3 Å². The number of hydrogen-bond acceptors (Lipinski definition) is 6. The van der Waals surface area contributed by atoms with Gasteiger partial charge in [-0.25, -0.2) is 14.4 Å². The Morgan fingerprint density at radius 3 is 2.81 bits per heavy atom. The predicted octanol–water partition coefficient (Wildman–Crippen LogP) is 2.82. The molecule has 0 saturated carbocycles. The zero-order valence-electron chi connectivity index (χ0n) is 13.8. The number of ether oxygens (including phenoxy) is 2. The van der Waals surface area contributed by atoms with Crippen molar-refractivity contribution in [3.63, 3.8) is 0 Å². The van der Waals surface area contributed by atoms with Gasteiger partial charge in [0.15, 0.2) is 22.5 Å². The minimum Gasteiger partial charge on any atom is -0.454 e. The Hall–Kier alpha value is -2.87. The quantitative estimate of drug-likeness (QED) is 0.567. The van der Waals surface area contributed by atoms with Gasteiger partial charge in [0, 0.05) is 17.5 Å². The fraction of sp³-hybridized carbons (Fsp3) is 0.167. The van der Waals surface area contributed by atoms with Gasteiger partial charge < -0.3 is 14.0 Å². The lowest BCUT2D eigenvalue weighted by Gasteiger charge is -2.10. The summed E-state index contributed by atoms with van der Waals surface area (Å²) >= 11 is 4.15. The van der Waals surface area contributed by atoms with Crippen molar-refractivity contribution in [1.29, 1.82) is 0 Å². The fourth-order valence-electron chi connectivity index (χ4n) is 2.79. The van der Waals surface area contributed by atoms with Crippen molar-refractivity contribution in [2.75, 3.05) is 6.79 Å². The van der Waals surface area contributed by atoms with Gasteiger partial charge in [0.25, 0.3) is 5.56 Å². The molecule has 0 amide bonds. The number of benzene rings is 1. The lowest BCUT2D eigenvalue weighted by Crippen LogP contribution is -2.23. The van der Waals surface area contributed by atoms with E-state index in [4.69, 9.17) is 9.47 Å². The molecule has 0 N–H and O–H groups in total. The van der Waals surface area contributed by atoms with Crippen LogP contribution in [0.15, 0.2) is 46.5 Å². The number of pyridine rings is 1. The molecule has 1 aromatic carbocycles. The topological polar surface area (TPSA) is 66.2 Å². The molecule has 0 bridgehead atoms. The first kappa shape index (κ1) is 16.6. The van der Waals surface area contributed by atoms with Crippen molar-refractivity contribution in [2.24, 2.45) is 0 Å². The van der Waals surface area contributed by atoms with Gasteiger partial charge in [0.1, 0.15) is 0 Å².